The van der Waals surface area contributed by atoms with Crippen molar-refractivity contribution in [2.45, 2.75) is 38.9 Å². The first-order valence-corrected chi connectivity index (χ1v) is 7.68. The lowest BCUT2D eigenvalue weighted by Gasteiger charge is -2.21. The molecule has 0 aliphatic heterocycles. The van der Waals surface area contributed by atoms with E-state index in [1.807, 2.05) is 18.5 Å². The van der Waals surface area contributed by atoms with E-state index in [2.05, 4.69) is 51.4 Å². The highest BCUT2D eigenvalue weighted by molar-refractivity contribution is 5.37. The normalized spacial score (nSPS) is 14.1. The van der Waals surface area contributed by atoms with E-state index in [4.69, 9.17) is 0 Å². The van der Waals surface area contributed by atoms with Crippen LogP contribution in [0, 0.1) is 0 Å². The highest BCUT2D eigenvalue weighted by atomic mass is 15.2. The molecule has 1 aliphatic rings. The molecule has 1 fully saturated rings. The summed E-state index contributed by atoms with van der Waals surface area (Å²) < 4.78 is 0. The minimum atomic E-state index is 0.705. The Morgan fingerprint density at radius 3 is 2.57 bits per heavy atom. The molecule has 1 heterocycles. The van der Waals surface area contributed by atoms with Gasteiger partial charge < -0.3 is 10.2 Å². The van der Waals surface area contributed by atoms with E-state index < -0.39 is 0 Å². The summed E-state index contributed by atoms with van der Waals surface area (Å²) in [6, 6.07) is 11.2. The van der Waals surface area contributed by atoms with Gasteiger partial charge in [0.05, 0.1) is 18.1 Å². The van der Waals surface area contributed by atoms with Crippen molar-refractivity contribution in [1.82, 2.24) is 15.3 Å². The SMILES string of the molecule is CCN(Cc1ccccc1)c1cnc(CNC2CC2)cn1. The maximum atomic E-state index is 4.57. The first-order chi connectivity index (χ1) is 10.3. The summed E-state index contributed by atoms with van der Waals surface area (Å²) in [6.45, 7) is 4.75. The van der Waals surface area contributed by atoms with E-state index in [0.717, 1.165) is 31.1 Å². The van der Waals surface area contributed by atoms with Crippen molar-refractivity contribution >= 4 is 5.82 Å². The largest absolute Gasteiger partial charge is 0.351 e. The van der Waals surface area contributed by atoms with Gasteiger partial charge in [0.15, 0.2) is 0 Å². The zero-order chi connectivity index (χ0) is 14.5. The predicted molar refractivity (Wildman–Crippen MR) is 85.1 cm³/mol. The molecule has 0 bridgehead atoms. The van der Waals surface area contributed by atoms with Gasteiger partial charge in [0, 0.05) is 25.7 Å². The van der Waals surface area contributed by atoms with E-state index in [-0.39, 0.29) is 0 Å². The molecule has 21 heavy (non-hydrogen) atoms. The molecule has 0 unspecified atom stereocenters. The summed E-state index contributed by atoms with van der Waals surface area (Å²) in [6.07, 6.45) is 6.37. The third kappa shape index (κ3) is 4.02. The molecule has 0 amide bonds. The van der Waals surface area contributed by atoms with Crippen molar-refractivity contribution in [2.24, 2.45) is 0 Å². The molecule has 1 saturated carbocycles. The van der Waals surface area contributed by atoms with Crippen LogP contribution in [0.4, 0.5) is 5.82 Å². The van der Waals surface area contributed by atoms with Crippen molar-refractivity contribution in [2.75, 3.05) is 11.4 Å². The van der Waals surface area contributed by atoms with Crippen LogP contribution in [0.3, 0.4) is 0 Å². The van der Waals surface area contributed by atoms with Crippen molar-refractivity contribution in [3.05, 3.63) is 54.0 Å². The number of hydrogen-bond acceptors (Lipinski definition) is 4. The topological polar surface area (TPSA) is 41.1 Å². The number of aromatic nitrogens is 2. The Labute approximate surface area is 126 Å². The molecule has 4 heteroatoms. The molecular formula is C17H22N4. The summed E-state index contributed by atoms with van der Waals surface area (Å²) in [5, 5.41) is 3.46. The summed E-state index contributed by atoms with van der Waals surface area (Å²) in [5.74, 6) is 0.941. The average molecular weight is 282 g/mol. The number of hydrogen-bond donors (Lipinski definition) is 1. The summed E-state index contributed by atoms with van der Waals surface area (Å²) in [4.78, 5) is 11.3. The van der Waals surface area contributed by atoms with Crippen LogP contribution in [0.15, 0.2) is 42.7 Å². The van der Waals surface area contributed by atoms with E-state index in [1.165, 1.54) is 18.4 Å². The Morgan fingerprint density at radius 2 is 1.95 bits per heavy atom. The smallest absolute Gasteiger partial charge is 0.147 e. The molecule has 0 spiro atoms. The summed E-state index contributed by atoms with van der Waals surface area (Å²) >= 11 is 0. The molecule has 1 aromatic carbocycles. The third-order valence-electron chi connectivity index (χ3n) is 3.76. The Bertz CT molecular complexity index is 549. The fourth-order valence-corrected chi connectivity index (χ4v) is 2.30. The minimum absolute atomic E-state index is 0.705. The van der Waals surface area contributed by atoms with Crippen molar-refractivity contribution < 1.29 is 0 Å². The number of nitrogens with zero attached hydrogens (tertiary/aromatic N) is 3. The molecule has 3 rings (SSSR count). The van der Waals surface area contributed by atoms with Gasteiger partial charge in [-0.05, 0) is 25.3 Å². The lowest BCUT2D eigenvalue weighted by Crippen LogP contribution is -2.23. The van der Waals surface area contributed by atoms with Crippen molar-refractivity contribution in [1.29, 1.82) is 0 Å². The Kier molecular flexibility index (Phi) is 4.46. The second-order valence-electron chi connectivity index (χ2n) is 5.52. The summed E-state index contributed by atoms with van der Waals surface area (Å²) in [5.41, 5.74) is 2.31. The molecule has 1 N–H and O–H groups in total. The van der Waals surface area contributed by atoms with E-state index >= 15 is 0 Å². The van der Waals surface area contributed by atoms with Crippen LogP contribution in [0.25, 0.3) is 0 Å². The highest BCUT2D eigenvalue weighted by Gasteiger charge is 2.20. The second-order valence-corrected chi connectivity index (χ2v) is 5.52. The zero-order valence-corrected chi connectivity index (χ0v) is 12.5. The monoisotopic (exact) mass is 282 g/mol. The van der Waals surface area contributed by atoms with Gasteiger partial charge in [0.1, 0.15) is 5.82 Å². The number of benzene rings is 1. The molecule has 1 aromatic heterocycles. The van der Waals surface area contributed by atoms with Crippen molar-refractivity contribution in [3.8, 4) is 0 Å². The lowest BCUT2D eigenvalue weighted by atomic mass is 10.2. The standard InChI is InChI=1S/C17H22N4/c1-2-21(13-14-6-4-3-5-7-14)17-12-19-16(11-20-17)10-18-15-8-9-15/h3-7,11-12,15,18H,2,8-10,13H2,1H3. The quantitative estimate of drug-likeness (QED) is 0.848. The molecule has 0 saturated heterocycles. The van der Waals surface area contributed by atoms with Crippen LogP contribution in [0.1, 0.15) is 31.0 Å². The van der Waals surface area contributed by atoms with Crippen LogP contribution in [0.5, 0.6) is 0 Å². The molecule has 1 aliphatic carbocycles. The van der Waals surface area contributed by atoms with E-state index in [0.29, 0.717) is 6.04 Å². The second kappa shape index (κ2) is 6.68. The Morgan fingerprint density at radius 1 is 1.14 bits per heavy atom. The van der Waals surface area contributed by atoms with E-state index in [9.17, 15) is 0 Å². The predicted octanol–water partition coefficient (Wildman–Crippen LogP) is 2.76. The first-order valence-electron chi connectivity index (χ1n) is 7.68. The van der Waals surface area contributed by atoms with E-state index in [1.54, 1.807) is 0 Å². The minimum Gasteiger partial charge on any atom is -0.351 e. The van der Waals surface area contributed by atoms with Gasteiger partial charge >= 0.3 is 0 Å². The van der Waals surface area contributed by atoms with Crippen LogP contribution in [0.2, 0.25) is 0 Å². The number of rotatable bonds is 7. The van der Waals surface area contributed by atoms with Gasteiger partial charge in [-0.1, -0.05) is 30.3 Å². The van der Waals surface area contributed by atoms with Gasteiger partial charge in [-0.2, -0.15) is 0 Å². The first kappa shape index (κ1) is 14.0. The molecule has 110 valence electrons. The Balaban J connectivity index is 1.62. The summed E-state index contributed by atoms with van der Waals surface area (Å²) in [7, 11) is 0. The van der Waals surface area contributed by atoms with Gasteiger partial charge in [0.2, 0.25) is 0 Å². The molecule has 0 atom stereocenters. The van der Waals surface area contributed by atoms with Crippen LogP contribution in [-0.2, 0) is 13.1 Å². The van der Waals surface area contributed by atoms with Gasteiger partial charge in [-0.3, -0.25) is 4.98 Å². The fourth-order valence-electron chi connectivity index (χ4n) is 2.30. The maximum Gasteiger partial charge on any atom is 0.147 e. The molecule has 0 radical (unpaired) electrons. The average Bonchev–Trinajstić information content (AvgIpc) is 3.37. The highest BCUT2D eigenvalue weighted by Crippen LogP contribution is 2.19. The third-order valence-corrected chi connectivity index (χ3v) is 3.76. The number of anilines is 1. The van der Waals surface area contributed by atoms with Gasteiger partial charge in [0.25, 0.3) is 0 Å². The molecular weight excluding hydrogens is 260 g/mol. The maximum absolute atomic E-state index is 4.57. The molecule has 4 nitrogen and oxygen atoms in total. The van der Waals surface area contributed by atoms with Gasteiger partial charge in [-0.15, -0.1) is 0 Å². The zero-order valence-electron chi connectivity index (χ0n) is 12.5. The number of nitrogens with one attached hydrogen (secondary N) is 1. The van der Waals surface area contributed by atoms with Crippen LogP contribution >= 0.6 is 0 Å². The van der Waals surface area contributed by atoms with Crippen molar-refractivity contribution in [3.63, 3.8) is 0 Å². The van der Waals surface area contributed by atoms with Crippen LogP contribution < -0.4 is 10.2 Å². The van der Waals surface area contributed by atoms with Crippen LogP contribution in [-0.4, -0.2) is 22.6 Å². The fraction of sp³-hybridized carbons (Fsp3) is 0.412. The molecule has 2 aromatic rings. The lowest BCUT2D eigenvalue weighted by molar-refractivity contribution is 0.670. The Hall–Kier alpha value is -1.94. The van der Waals surface area contributed by atoms with Gasteiger partial charge in [-0.25, -0.2) is 4.98 Å².